The molecule has 1 saturated heterocycles. The first-order valence-corrected chi connectivity index (χ1v) is 10.4. The van der Waals surface area contributed by atoms with Crippen molar-refractivity contribution in [2.75, 3.05) is 13.1 Å². The Morgan fingerprint density at radius 2 is 1.59 bits per heavy atom. The van der Waals surface area contributed by atoms with Gasteiger partial charge in [0.2, 0.25) is 0 Å². The Balaban J connectivity index is 1.50. The Kier molecular flexibility index (Phi) is 5.69. The molecule has 1 aliphatic rings. The second kappa shape index (κ2) is 8.55. The van der Waals surface area contributed by atoms with Crippen molar-refractivity contribution in [3.8, 4) is 0 Å². The fourth-order valence-corrected chi connectivity index (χ4v) is 4.36. The van der Waals surface area contributed by atoms with Gasteiger partial charge in [0.1, 0.15) is 0 Å². The highest BCUT2D eigenvalue weighted by Gasteiger charge is 2.26. The van der Waals surface area contributed by atoms with Crippen molar-refractivity contribution in [2.45, 2.75) is 44.7 Å². The average Bonchev–Trinajstić information content (AvgIpc) is 3.03. The number of likely N-dealkylation sites (tertiary alicyclic amines) is 1. The van der Waals surface area contributed by atoms with E-state index in [1.54, 1.807) is 0 Å². The third kappa shape index (κ3) is 4.06. The number of para-hydroxylation sites is 2. The molecule has 3 aromatic rings. The van der Waals surface area contributed by atoms with Crippen LogP contribution >= 0.6 is 0 Å². The van der Waals surface area contributed by atoms with E-state index in [4.69, 9.17) is 0 Å². The topological polar surface area (TPSA) is 67.5 Å². The van der Waals surface area contributed by atoms with E-state index in [1.807, 2.05) is 39.5 Å². The molecular formula is C23H27N3O3. The summed E-state index contributed by atoms with van der Waals surface area (Å²) in [5, 5.41) is 9.18. The molecule has 2 heterocycles. The first kappa shape index (κ1) is 19.3. The maximum absolute atomic E-state index is 13.3. The first-order valence-electron chi connectivity index (χ1n) is 10.4. The van der Waals surface area contributed by atoms with Gasteiger partial charge in [0.05, 0.1) is 11.0 Å². The van der Waals surface area contributed by atoms with E-state index >= 15 is 0 Å². The molecule has 0 spiro atoms. The maximum Gasteiger partial charge on any atom is 0.407 e. The Morgan fingerprint density at radius 3 is 2.28 bits per heavy atom. The number of amides is 1. The number of nitrogens with zero attached hydrogens (tertiary/aromatic N) is 3. The lowest BCUT2D eigenvalue weighted by molar-refractivity contribution is 0.125. The van der Waals surface area contributed by atoms with Crippen LogP contribution in [-0.2, 0) is 13.0 Å². The minimum absolute atomic E-state index is 0.0275. The molecule has 6 nitrogen and oxygen atoms in total. The summed E-state index contributed by atoms with van der Waals surface area (Å²) in [6, 6.07) is 18.4. The third-order valence-corrected chi connectivity index (χ3v) is 5.91. The van der Waals surface area contributed by atoms with E-state index in [-0.39, 0.29) is 11.7 Å². The zero-order chi connectivity index (χ0) is 20.2. The lowest BCUT2D eigenvalue weighted by atomic mass is 10.1. The van der Waals surface area contributed by atoms with Gasteiger partial charge in [-0.1, -0.05) is 42.5 Å². The van der Waals surface area contributed by atoms with Crippen molar-refractivity contribution in [3.63, 3.8) is 0 Å². The number of hydrogen-bond donors (Lipinski definition) is 1. The van der Waals surface area contributed by atoms with Gasteiger partial charge in [-0.05, 0) is 49.8 Å². The molecule has 0 atom stereocenters. The number of benzene rings is 2. The number of carboxylic acid groups (broad SMARTS) is 1. The summed E-state index contributed by atoms with van der Waals surface area (Å²) < 4.78 is 3.79. The van der Waals surface area contributed by atoms with E-state index in [2.05, 4.69) is 24.3 Å². The fraction of sp³-hybridized carbons (Fsp3) is 0.391. The molecule has 6 heteroatoms. The van der Waals surface area contributed by atoms with Gasteiger partial charge in [0.15, 0.2) is 0 Å². The summed E-state index contributed by atoms with van der Waals surface area (Å²) in [5.41, 5.74) is 3.28. The number of aryl methyl sites for hydroxylation is 2. The molecule has 29 heavy (non-hydrogen) atoms. The predicted octanol–water partition coefficient (Wildman–Crippen LogP) is 4.14. The van der Waals surface area contributed by atoms with Gasteiger partial charge in [-0.2, -0.15) is 0 Å². The van der Waals surface area contributed by atoms with Crippen LogP contribution < -0.4 is 5.69 Å². The van der Waals surface area contributed by atoms with Crippen LogP contribution in [0.2, 0.25) is 0 Å². The minimum atomic E-state index is -0.878. The molecule has 2 aromatic carbocycles. The number of unbranched alkanes of at least 4 members (excludes halogenated alkanes) is 1. The van der Waals surface area contributed by atoms with Crippen molar-refractivity contribution >= 4 is 17.1 Å². The van der Waals surface area contributed by atoms with Crippen molar-refractivity contribution in [2.24, 2.45) is 0 Å². The molecule has 1 N–H and O–H groups in total. The number of piperidine rings is 1. The molecule has 0 aliphatic carbocycles. The lowest BCUT2D eigenvalue weighted by Crippen LogP contribution is -2.40. The highest BCUT2D eigenvalue weighted by Crippen LogP contribution is 2.26. The summed E-state index contributed by atoms with van der Waals surface area (Å²) in [6.07, 6.45) is 3.47. The molecule has 1 amide bonds. The zero-order valence-electron chi connectivity index (χ0n) is 16.5. The quantitative estimate of drug-likeness (QED) is 0.640. The number of imidazole rings is 1. The SMILES string of the molecule is O=C(O)N1CCC(n2c(=O)n(CCCCc3ccccc3)c3ccccc32)CC1. The summed E-state index contributed by atoms with van der Waals surface area (Å²) >= 11 is 0. The monoisotopic (exact) mass is 393 g/mol. The zero-order valence-corrected chi connectivity index (χ0v) is 16.5. The largest absolute Gasteiger partial charge is 0.465 e. The number of carbonyl (C=O) groups is 1. The summed E-state index contributed by atoms with van der Waals surface area (Å²) in [7, 11) is 0. The third-order valence-electron chi connectivity index (χ3n) is 5.91. The van der Waals surface area contributed by atoms with Gasteiger partial charge in [-0.25, -0.2) is 9.59 Å². The summed E-state index contributed by atoms with van der Waals surface area (Å²) in [6.45, 7) is 1.65. The Labute approximate surface area is 170 Å². The van der Waals surface area contributed by atoms with E-state index in [1.165, 1.54) is 10.5 Å². The summed E-state index contributed by atoms with van der Waals surface area (Å²) in [4.78, 5) is 25.9. The number of rotatable bonds is 6. The van der Waals surface area contributed by atoms with Crippen LogP contribution in [0.4, 0.5) is 4.79 Å². The predicted molar refractivity (Wildman–Crippen MR) is 113 cm³/mol. The van der Waals surface area contributed by atoms with Gasteiger partial charge in [-0.3, -0.25) is 9.13 Å². The van der Waals surface area contributed by atoms with Crippen molar-refractivity contribution in [1.29, 1.82) is 0 Å². The molecule has 4 rings (SSSR count). The van der Waals surface area contributed by atoms with Gasteiger partial charge in [-0.15, -0.1) is 0 Å². The molecule has 0 unspecified atom stereocenters. The number of hydrogen-bond acceptors (Lipinski definition) is 2. The summed E-state index contributed by atoms with van der Waals surface area (Å²) in [5.74, 6) is 0. The number of fused-ring (bicyclic) bond motifs is 1. The van der Waals surface area contributed by atoms with Crippen molar-refractivity contribution < 1.29 is 9.90 Å². The van der Waals surface area contributed by atoms with E-state index < -0.39 is 6.09 Å². The standard InChI is InChI=1S/C23H27N3O3/c27-22-25(15-7-6-10-18-8-2-1-3-9-18)20-11-4-5-12-21(20)26(22)19-13-16-24(17-14-19)23(28)29/h1-5,8-9,11-12,19H,6-7,10,13-17H2,(H,28,29). The normalized spacial score (nSPS) is 15.1. The molecule has 0 saturated carbocycles. The smallest absolute Gasteiger partial charge is 0.407 e. The second-order valence-electron chi connectivity index (χ2n) is 7.74. The average molecular weight is 393 g/mol. The molecule has 1 fully saturated rings. The van der Waals surface area contributed by atoms with Crippen molar-refractivity contribution in [3.05, 3.63) is 70.6 Å². The van der Waals surface area contributed by atoms with Gasteiger partial charge in [0.25, 0.3) is 0 Å². The minimum Gasteiger partial charge on any atom is -0.465 e. The van der Waals surface area contributed by atoms with E-state index in [0.29, 0.717) is 32.5 Å². The fourth-order valence-electron chi connectivity index (χ4n) is 4.36. The van der Waals surface area contributed by atoms with Gasteiger partial charge in [0, 0.05) is 25.7 Å². The maximum atomic E-state index is 13.3. The number of aromatic nitrogens is 2. The molecule has 152 valence electrons. The van der Waals surface area contributed by atoms with Gasteiger partial charge < -0.3 is 10.0 Å². The van der Waals surface area contributed by atoms with Crippen LogP contribution in [-0.4, -0.2) is 38.3 Å². The van der Waals surface area contributed by atoms with Crippen LogP contribution in [0, 0.1) is 0 Å². The van der Waals surface area contributed by atoms with E-state index in [0.717, 1.165) is 30.3 Å². The van der Waals surface area contributed by atoms with Crippen LogP contribution in [0.1, 0.15) is 37.3 Å². The van der Waals surface area contributed by atoms with Gasteiger partial charge >= 0.3 is 11.8 Å². The van der Waals surface area contributed by atoms with Crippen LogP contribution in [0.15, 0.2) is 59.4 Å². The van der Waals surface area contributed by atoms with E-state index in [9.17, 15) is 14.7 Å². The highest BCUT2D eigenvalue weighted by atomic mass is 16.4. The molecular weight excluding hydrogens is 366 g/mol. The Morgan fingerprint density at radius 1 is 0.931 bits per heavy atom. The lowest BCUT2D eigenvalue weighted by Gasteiger charge is -2.30. The molecule has 1 aliphatic heterocycles. The Bertz CT molecular complexity index is 1030. The first-order chi connectivity index (χ1) is 14.1. The second-order valence-corrected chi connectivity index (χ2v) is 7.74. The molecule has 0 radical (unpaired) electrons. The molecule has 1 aromatic heterocycles. The molecule has 0 bridgehead atoms. The van der Waals surface area contributed by atoms with Crippen LogP contribution in [0.5, 0.6) is 0 Å². The van der Waals surface area contributed by atoms with Crippen LogP contribution in [0.3, 0.4) is 0 Å². The Hall–Kier alpha value is -3.02. The highest BCUT2D eigenvalue weighted by molar-refractivity contribution is 5.76. The van der Waals surface area contributed by atoms with Crippen LogP contribution in [0.25, 0.3) is 11.0 Å². The van der Waals surface area contributed by atoms with Crippen molar-refractivity contribution in [1.82, 2.24) is 14.0 Å².